The van der Waals surface area contributed by atoms with Crippen LogP contribution in [-0.4, -0.2) is 40.3 Å². The van der Waals surface area contributed by atoms with Crippen LogP contribution in [-0.2, 0) is 14.8 Å². The lowest BCUT2D eigenvalue weighted by Crippen LogP contribution is -2.39. The first-order valence-corrected chi connectivity index (χ1v) is 13.7. The third kappa shape index (κ3) is 7.36. The number of nitrogens with one attached hydrogen (secondary N) is 1. The Hall–Kier alpha value is -3.82. The van der Waals surface area contributed by atoms with Crippen molar-refractivity contribution < 1.29 is 22.7 Å². The molecule has 200 valence electrons. The molecule has 0 unspecified atom stereocenters. The fraction of sp³-hybridized carbons (Fsp3) is 0.214. The SMILES string of the molecule is C=CCOc1ccc(/C=N\NC(=O)CN(c2ccc(C)c(Cl)c2)S(=O)(=O)c2ccc(C)cc2)cc1OCC. The number of nitrogens with zero attached hydrogens (tertiary/aromatic N) is 2. The lowest BCUT2D eigenvalue weighted by molar-refractivity contribution is -0.119. The van der Waals surface area contributed by atoms with Gasteiger partial charge in [0.1, 0.15) is 13.2 Å². The number of hydrazone groups is 1. The summed E-state index contributed by atoms with van der Waals surface area (Å²) in [6, 6.07) is 16.4. The van der Waals surface area contributed by atoms with Gasteiger partial charge in [0.25, 0.3) is 15.9 Å². The number of hydrogen-bond donors (Lipinski definition) is 1. The highest BCUT2D eigenvalue weighted by Gasteiger charge is 2.27. The van der Waals surface area contributed by atoms with Crippen molar-refractivity contribution in [1.82, 2.24) is 5.43 Å². The maximum absolute atomic E-state index is 13.5. The average molecular weight is 556 g/mol. The van der Waals surface area contributed by atoms with Crippen LogP contribution in [0.3, 0.4) is 0 Å². The van der Waals surface area contributed by atoms with Crippen LogP contribution in [0.15, 0.2) is 83.3 Å². The molecule has 3 aromatic carbocycles. The number of halogens is 1. The molecule has 0 radical (unpaired) electrons. The lowest BCUT2D eigenvalue weighted by atomic mass is 10.2. The quantitative estimate of drug-likeness (QED) is 0.187. The maximum atomic E-state index is 13.5. The molecule has 0 spiro atoms. The van der Waals surface area contributed by atoms with Crippen molar-refractivity contribution >= 4 is 39.4 Å². The molecule has 0 aliphatic heterocycles. The van der Waals surface area contributed by atoms with Gasteiger partial charge in [0, 0.05) is 5.02 Å². The minimum atomic E-state index is -4.07. The largest absolute Gasteiger partial charge is 0.490 e. The molecule has 1 N–H and O–H groups in total. The Balaban J connectivity index is 1.81. The van der Waals surface area contributed by atoms with Crippen molar-refractivity contribution in [2.75, 3.05) is 24.1 Å². The third-order valence-electron chi connectivity index (χ3n) is 5.37. The van der Waals surface area contributed by atoms with Crippen LogP contribution in [0.4, 0.5) is 5.69 Å². The molecule has 0 atom stereocenters. The van der Waals surface area contributed by atoms with Gasteiger partial charge >= 0.3 is 0 Å². The van der Waals surface area contributed by atoms with Gasteiger partial charge in [0.05, 0.1) is 23.4 Å². The Morgan fingerprint density at radius 1 is 1.05 bits per heavy atom. The first-order chi connectivity index (χ1) is 18.1. The van der Waals surface area contributed by atoms with E-state index in [0.29, 0.717) is 35.3 Å². The summed E-state index contributed by atoms with van der Waals surface area (Å²) in [5, 5.41) is 4.38. The second-order valence-corrected chi connectivity index (χ2v) is 10.6. The topological polar surface area (TPSA) is 97.3 Å². The van der Waals surface area contributed by atoms with Gasteiger partial charge in [0.2, 0.25) is 0 Å². The molecule has 38 heavy (non-hydrogen) atoms. The van der Waals surface area contributed by atoms with Crippen molar-refractivity contribution in [3.63, 3.8) is 0 Å². The van der Waals surface area contributed by atoms with Gasteiger partial charge in [-0.05, 0) is 74.4 Å². The summed E-state index contributed by atoms with van der Waals surface area (Å²) in [6.07, 6.45) is 3.06. The van der Waals surface area contributed by atoms with E-state index < -0.39 is 22.5 Å². The summed E-state index contributed by atoms with van der Waals surface area (Å²) < 4.78 is 39.2. The monoisotopic (exact) mass is 555 g/mol. The third-order valence-corrected chi connectivity index (χ3v) is 7.56. The molecule has 10 heteroatoms. The molecule has 1 amide bonds. The Morgan fingerprint density at radius 3 is 2.45 bits per heavy atom. The highest BCUT2D eigenvalue weighted by Crippen LogP contribution is 2.29. The summed E-state index contributed by atoms with van der Waals surface area (Å²) >= 11 is 6.27. The van der Waals surface area contributed by atoms with E-state index in [4.69, 9.17) is 21.1 Å². The summed E-state index contributed by atoms with van der Waals surface area (Å²) in [7, 11) is -4.07. The maximum Gasteiger partial charge on any atom is 0.264 e. The predicted octanol–water partition coefficient (Wildman–Crippen LogP) is 5.27. The smallest absolute Gasteiger partial charge is 0.264 e. The zero-order valence-corrected chi connectivity index (χ0v) is 23.1. The van der Waals surface area contributed by atoms with E-state index in [2.05, 4.69) is 17.1 Å². The first kappa shape index (κ1) is 28.7. The van der Waals surface area contributed by atoms with E-state index in [1.807, 2.05) is 13.8 Å². The van der Waals surface area contributed by atoms with Gasteiger partial charge in [-0.15, -0.1) is 0 Å². The van der Waals surface area contributed by atoms with Crippen LogP contribution in [0.25, 0.3) is 0 Å². The van der Waals surface area contributed by atoms with Crippen LogP contribution < -0.4 is 19.2 Å². The number of sulfonamides is 1. The predicted molar refractivity (Wildman–Crippen MR) is 151 cm³/mol. The Bertz CT molecular complexity index is 1420. The normalized spacial score (nSPS) is 11.3. The molecule has 0 bridgehead atoms. The fourth-order valence-corrected chi connectivity index (χ4v) is 4.96. The second kappa shape index (κ2) is 13.1. The number of anilines is 1. The summed E-state index contributed by atoms with van der Waals surface area (Å²) in [5.41, 5.74) is 5.00. The van der Waals surface area contributed by atoms with Crippen LogP contribution in [0, 0.1) is 13.8 Å². The van der Waals surface area contributed by atoms with Crippen LogP contribution in [0.5, 0.6) is 11.5 Å². The van der Waals surface area contributed by atoms with Crippen molar-refractivity contribution in [3.8, 4) is 11.5 Å². The molecular formula is C28H30ClN3O5S. The summed E-state index contributed by atoms with van der Waals surface area (Å²) in [4.78, 5) is 12.9. The molecule has 0 saturated carbocycles. The molecule has 0 aromatic heterocycles. The molecular weight excluding hydrogens is 526 g/mol. The zero-order chi connectivity index (χ0) is 27.7. The standard InChI is InChI=1S/C28H30ClN3O5S/c1-5-15-37-26-14-10-22(16-27(26)36-6-2)18-30-31-28(33)19-32(23-11-9-21(4)25(29)17-23)38(34,35)24-12-7-20(3)8-13-24/h5,7-14,16-18H,1,6,15,19H2,2-4H3,(H,31,33)/b30-18-. The molecule has 0 fully saturated rings. The molecule has 0 aliphatic carbocycles. The highest BCUT2D eigenvalue weighted by molar-refractivity contribution is 7.92. The lowest BCUT2D eigenvalue weighted by Gasteiger charge is -2.24. The van der Waals surface area contributed by atoms with Gasteiger partial charge in [-0.2, -0.15) is 5.10 Å². The Kier molecular flexibility index (Phi) is 9.92. The number of ether oxygens (including phenoxy) is 2. The van der Waals surface area contributed by atoms with Crippen molar-refractivity contribution in [2.45, 2.75) is 25.7 Å². The number of aryl methyl sites for hydroxylation is 2. The zero-order valence-electron chi connectivity index (χ0n) is 21.5. The summed E-state index contributed by atoms with van der Waals surface area (Å²) in [5.74, 6) is 0.447. The minimum Gasteiger partial charge on any atom is -0.490 e. The molecule has 3 aromatic rings. The van der Waals surface area contributed by atoms with E-state index in [1.54, 1.807) is 55.5 Å². The van der Waals surface area contributed by atoms with Crippen molar-refractivity contribution in [1.29, 1.82) is 0 Å². The number of carbonyl (C=O) groups excluding carboxylic acids is 1. The Morgan fingerprint density at radius 2 is 1.79 bits per heavy atom. The number of rotatable bonds is 12. The van der Waals surface area contributed by atoms with Crippen LogP contribution in [0.1, 0.15) is 23.6 Å². The van der Waals surface area contributed by atoms with Crippen LogP contribution >= 0.6 is 11.6 Å². The fourth-order valence-electron chi connectivity index (χ4n) is 3.38. The number of benzene rings is 3. The number of hydrogen-bond acceptors (Lipinski definition) is 6. The molecule has 0 aliphatic rings. The molecule has 8 nitrogen and oxygen atoms in total. The van der Waals surface area contributed by atoms with Gasteiger partial charge < -0.3 is 9.47 Å². The van der Waals surface area contributed by atoms with Crippen molar-refractivity contribution in [2.24, 2.45) is 5.10 Å². The van der Waals surface area contributed by atoms with E-state index in [1.165, 1.54) is 24.4 Å². The van der Waals surface area contributed by atoms with Crippen LogP contribution in [0.2, 0.25) is 5.02 Å². The van der Waals surface area contributed by atoms with E-state index >= 15 is 0 Å². The summed E-state index contributed by atoms with van der Waals surface area (Å²) in [6.45, 7) is 9.42. The van der Waals surface area contributed by atoms with Gasteiger partial charge in [-0.1, -0.05) is 48.0 Å². The molecule has 3 rings (SSSR count). The molecule has 0 heterocycles. The van der Waals surface area contributed by atoms with E-state index in [-0.39, 0.29) is 10.6 Å². The van der Waals surface area contributed by atoms with Gasteiger partial charge in [0.15, 0.2) is 11.5 Å². The number of carbonyl (C=O) groups is 1. The van der Waals surface area contributed by atoms with Gasteiger partial charge in [-0.25, -0.2) is 13.8 Å². The second-order valence-electron chi connectivity index (χ2n) is 8.29. The minimum absolute atomic E-state index is 0.0540. The number of amides is 1. The van der Waals surface area contributed by atoms with E-state index in [9.17, 15) is 13.2 Å². The Labute approximate surface area is 228 Å². The van der Waals surface area contributed by atoms with E-state index in [0.717, 1.165) is 15.4 Å². The van der Waals surface area contributed by atoms with Gasteiger partial charge in [-0.3, -0.25) is 9.10 Å². The average Bonchev–Trinajstić information content (AvgIpc) is 2.89. The van der Waals surface area contributed by atoms with Crippen molar-refractivity contribution in [3.05, 3.63) is 95.0 Å². The first-order valence-electron chi connectivity index (χ1n) is 11.8. The molecule has 0 saturated heterocycles. The highest BCUT2D eigenvalue weighted by atomic mass is 35.5.